The van der Waals surface area contributed by atoms with Crippen molar-refractivity contribution in [2.75, 3.05) is 20.2 Å². The highest BCUT2D eigenvalue weighted by Crippen LogP contribution is 2.44. The fraction of sp³-hybridized carbons (Fsp3) is 0.875. The minimum atomic E-state index is -0.473. The van der Waals surface area contributed by atoms with Gasteiger partial charge in [0.1, 0.15) is 12.2 Å². The Hall–Kier alpha value is -1.30. The molecule has 22 heavy (non-hydrogen) atoms. The first-order valence-corrected chi connectivity index (χ1v) is 8.08. The van der Waals surface area contributed by atoms with Crippen LogP contribution in [0.25, 0.3) is 0 Å². The van der Waals surface area contributed by atoms with Crippen LogP contribution in [0.3, 0.4) is 0 Å². The molecule has 0 aromatic heterocycles. The van der Waals surface area contributed by atoms with E-state index in [-0.39, 0.29) is 36.3 Å². The molecule has 3 rings (SSSR count). The highest BCUT2D eigenvalue weighted by atomic mass is 16.6. The fourth-order valence-electron chi connectivity index (χ4n) is 4.05. The summed E-state index contributed by atoms with van der Waals surface area (Å²) in [5, 5.41) is 0. The van der Waals surface area contributed by atoms with Gasteiger partial charge in [-0.05, 0) is 46.5 Å². The molecule has 2 unspecified atom stereocenters. The first kappa shape index (κ1) is 15.6. The van der Waals surface area contributed by atoms with Crippen molar-refractivity contribution in [3.05, 3.63) is 0 Å². The van der Waals surface area contributed by atoms with Crippen molar-refractivity contribution < 1.29 is 19.1 Å². The number of piperidine rings is 1. The van der Waals surface area contributed by atoms with Crippen LogP contribution in [0.5, 0.6) is 0 Å². The highest BCUT2D eigenvalue weighted by Gasteiger charge is 2.53. The van der Waals surface area contributed by atoms with Crippen LogP contribution >= 0.6 is 0 Å². The topological polar surface area (TPSA) is 59.1 Å². The Morgan fingerprint density at radius 2 is 1.86 bits per heavy atom. The fourth-order valence-corrected chi connectivity index (χ4v) is 4.05. The minimum Gasteiger partial charge on any atom is -0.444 e. The summed E-state index contributed by atoms with van der Waals surface area (Å²) in [5.41, 5.74) is -0.757. The van der Waals surface area contributed by atoms with E-state index in [2.05, 4.69) is 0 Å². The third-order valence-corrected chi connectivity index (χ3v) is 4.89. The van der Waals surface area contributed by atoms with Crippen molar-refractivity contribution in [3.8, 4) is 0 Å². The Morgan fingerprint density at radius 1 is 1.27 bits per heavy atom. The van der Waals surface area contributed by atoms with Gasteiger partial charge in [0.15, 0.2) is 0 Å². The molecule has 124 valence electrons. The number of hydrogen-bond donors (Lipinski definition) is 0. The highest BCUT2D eigenvalue weighted by molar-refractivity contribution is 5.78. The first-order valence-electron chi connectivity index (χ1n) is 8.08. The van der Waals surface area contributed by atoms with Crippen molar-refractivity contribution in [1.82, 2.24) is 9.80 Å². The van der Waals surface area contributed by atoms with E-state index in [0.717, 1.165) is 25.7 Å². The van der Waals surface area contributed by atoms with E-state index in [9.17, 15) is 9.59 Å². The number of nitrogens with zero attached hydrogens (tertiary/aromatic N) is 2. The largest absolute Gasteiger partial charge is 0.444 e. The molecule has 3 fully saturated rings. The summed E-state index contributed by atoms with van der Waals surface area (Å²) in [7, 11) is 1.83. The Balaban J connectivity index is 1.72. The lowest BCUT2D eigenvalue weighted by Gasteiger charge is -2.49. The summed E-state index contributed by atoms with van der Waals surface area (Å²) in [4.78, 5) is 27.8. The molecular formula is C16H26N2O4. The van der Waals surface area contributed by atoms with E-state index in [1.807, 2.05) is 32.7 Å². The molecule has 3 aliphatic rings. The van der Waals surface area contributed by atoms with Crippen LogP contribution in [0.2, 0.25) is 0 Å². The van der Waals surface area contributed by atoms with Crippen molar-refractivity contribution in [3.63, 3.8) is 0 Å². The van der Waals surface area contributed by atoms with E-state index >= 15 is 0 Å². The van der Waals surface area contributed by atoms with Gasteiger partial charge in [0.05, 0.1) is 5.60 Å². The molecule has 6 heteroatoms. The van der Waals surface area contributed by atoms with Crippen LogP contribution in [-0.2, 0) is 14.3 Å². The molecule has 0 N–H and O–H groups in total. The Labute approximate surface area is 131 Å². The normalized spacial score (nSPS) is 35.2. The van der Waals surface area contributed by atoms with Gasteiger partial charge in [0.2, 0.25) is 5.91 Å². The Morgan fingerprint density at radius 3 is 2.36 bits per heavy atom. The lowest BCUT2D eigenvalue weighted by Crippen LogP contribution is -2.61. The van der Waals surface area contributed by atoms with Gasteiger partial charge in [-0.25, -0.2) is 4.79 Å². The number of amides is 2. The van der Waals surface area contributed by atoms with E-state index in [4.69, 9.17) is 9.47 Å². The maximum Gasteiger partial charge on any atom is 0.410 e. The van der Waals surface area contributed by atoms with Crippen LogP contribution in [0.4, 0.5) is 4.79 Å². The predicted molar refractivity (Wildman–Crippen MR) is 80.4 cm³/mol. The molecular weight excluding hydrogens is 284 g/mol. The summed E-state index contributed by atoms with van der Waals surface area (Å²) < 4.78 is 11.5. The van der Waals surface area contributed by atoms with Crippen LogP contribution in [-0.4, -0.2) is 65.3 Å². The van der Waals surface area contributed by atoms with Crippen LogP contribution in [0.1, 0.15) is 46.5 Å². The summed E-state index contributed by atoms with van der Waals surface area (Å²) in [5.74, 6) is 0.0348. The van der Waals surface area contributed by atoms with Crippen molar-refractivity contribution in [2.24, 2.45) is 0 Å². The van der Waals surface area contributed by atoms with Gasteiger partial charge < -0.3 is 19.3 Å². The molecule has 0 aromatic carbocycles. The maximum atomic E-state index is 12.5. The maximum absolute atomic E-state index is 12.5. The van der Waals surface area contributed by atoms with Crippen LogP contribution in [0.15, 0.2) is 0 Å². The number of carbonyl (C=O) groups excluding carboxylic acids is 2. The molecule has 3 aliphatic heterocycles. The number of ether oxygens (including phenoxy) is 2. The molecule has 6 nitrogen and oxygen atoms in total. The van der Waals surface area contributed by atoms with Gasteiger partial charge in [-0.2, -0.15) is 0 Å². The molecule has 2 bridgehead atoms. The summed E-state index contributed by atoms with van der Waals surface area (Å²) in [6.45, 7) is 6.46. The second kappa shape index (κ2) is 5.11. The van der Waals surface area contributed by atoms with Gasteiger partial charge in [-0.3, -0.25) is 4.79 Å². The standard InChI is InChI=1S/C16H26N2O4/c1-15(2,3)22-14(20)18-11-5-6-12(18)8-16(7-11)10-17(4)13(19)9-21-16/h11-12H,5-10H2,1-4H3. The van der Waals surface area contributed by atoms with Gasteiger partial charge in [0, 0.05) is 25.7 Å². The zero-order chi connectivity index (χ0) is 16.1. The van der Waals surface area contributed by atoms with Gasteiger partial charge in [0.25, 0.3) is 0 Å². The van der Waals surface area contributed by atoms with E-state index in [1.54, 1.807) is 4.90 Å². The van der Waals surface area contributed by atoms with Gasteiger partial charge >= 0.3 is 6.09 Å². The number of likely N-dealkylation sites (N-methyl/N-ethyl adjacent to an activating group) is 1. The molecule has 2 amide bonds. The molecule has 0 radical (unpaired) electrons. The number of morpholine rings is 1. The van der Waals surface area contributed by atoms with Gasteiger partial charge in [-0.15, -0.1) is 0 Å². The molecule has 0 aromatic rings. The number of carbonyl (C=O) groups is 2. The number of rotatable bonds is 0. The summed E-state index contributed by atoms with van der Waals surface area (Å²) in [6.07, 6.45) is 3.36. The average molecular weight is 310 g/mol. The Bertz CT molecular complexity index is 471. The van der Waals surface area contributed by atoms with Crippen molar-refractivity contribution in [1.29, 1.82) is 0 Å². The third kappa shape index (κ3) is 2.81. The molecule has 3 saturated heterocycles. The molecule has 1 spiro atoms. The van der Waals surface area contributed by atoms with E-state index < -0.39 is 5.60 Å². The van der Waals surface area contributed by atoms with Crippen LogP contribution in [0, 0.1) is 0 Å². The van der Waals surface area contributed by atoms with E-state index in [1.165, 1.54) is 0 Å². The summed E-state index contributed by atoms with van der Waals surface area (Å²) >= 11 is 0. The Kier molecular flexibility index (Phi) is 3.62. The quantitative estimate of drug-likeness (QED) is 0.684. The number of fused-ring (bicyclic) bond motifs is 2. The monoisotopic (exact) mass is 310 g/mol. The predicted octanol–water partition coefficient (Wildman–Crippen LogP) is 1.78. The molecule has 0 saturated carbocycles. The molecule has 3 heterocycles. The second-order valence-corrected chi connectivity index (χ2v) is 7.90. The number of hydrogen-bond acceptors (Lipinski definition) is 4. The molecule has 0 aliphatic carbocycles. The zero-order valence-electron chi connectivity index (χ0n) is 13.9. The summed E-state index contributed by atoms with van der Waals surface area (Å²) in [6, 6.07) is 0.324. The van der Waals surface area contributed by atoms with E-state index in [0.29, 0.717) is 6.54 Å². The van der Waals surface area contributed by atoms with Crippen molar-refractivity contribution in [2.45, 2.75) is 69.7 Å². The second-order valence-electron chi connectivity index (χ2n) is 7.90. The lowest BCUT2D eigenvalue weighted by molar-refractivity contribution is -0.173. The van der Waals surface area contributed by atoms with Gasteiger partial charge in [-0.1, -0.05) is 0 Å². The SMILES string of the molecule is CN1CC2(CC3CCC(C2)N3C(=O)OC(C)(C)C)OCC1=O. The smallest absolute Gasteiger partial charge is 0.410 e. The first-order chi connectivity index (χ1) is 10.2. The van der Waals surface area contributed by atoms with Crippen molar-refractivity contribution >= 4 is 12.0 Å². The zero-order valence-corrected chi connectivity index (χ0v) is 13.9. The average Bonchev–Trinajstić information content (AvgIpc) is 2.66. The lowest BCUT2D eigenvalue weighted by atomic mass is 9.84. The van der Waals surface area contributed by atoms with Crippen LogP contribution < -0.4 is 0 Å². The minimum absolute atomic E-state index is 0.0348. The third-order valence-electron chi connectivity index (χ3n) is 4.89. The molecule has 2 atom stereocenters.